The quantitative estimate of drug-likeness (QED) is 0.888. The number of nitrogens with one attached hydrogen (secondary N) is 1. The summed E-state index contributed by atoms with van der Waals surface area (Å²) < 4.78 is 5.36. The summed E-state index contributed by atoms with van der Waals surface area (Å²) in [6.45, 7) is 0.170. The molecule has 0 saturated heterocycles. The third kappa shape index (κ3) is 2.45. The summed E-state index contributed by atoms with van der Waals surface area (Å²) in [5.41, 5.74) is 2.33. The molecule has 2 aliphatic carbocycles. The molecule has 2 N–H and O–H groups in total. The average Bonchev–Trinajstić information content (AvgIpc) is 2.87. The number of hydrogen-bond acceptors (Lipinski definition) is 3. The zero-order valence-corrected chi connectivity index (χ0v) is 12.3. The molecule has 1 aromatic rings. The summed E-state index contributed by atoms with van der Waals surface area (Å²) in [6, 6.07) is 6.82. The van der Waals surface area contributed by atoms with E-state index in [1.54, 1.807) is 7.11 Å². The van der Waals surface area contributed by atoms with E-state index in [4.69, 9.17) is 4.74 Å². The van der Waals surface area contributed by atoms with Crippen molar-refractivity contribution >= 4 is 0 Å². The number of rotatable bonds is 4. The van der Waals surface area contributed by atoms with Crippen LogP contribution in [0.25, 0.3) is 0 Å². The summed E-state index contributed by atoms with van der Waals surface area (Å²) in [5.74, 6) is 0.883. The monoisotopic (exact) mass is 275 g/mol. The first-order chi connectivity index (χ1) is 9.77. The second kappa shape index (κ2) is 5.74. The molecule has 110 valence electrons. The molecule has 3 heteroatoms. The average molecular weight is 275 g/mol. The SMILES string of the molecule is COc1ccc2c(c1)C(CO)(NC1CCCCC1)CC2. The smallest absolute Gasteiger partial charge is 0.119 e. The number of aryl methyl sites for hydroxylation is 1. The Labute approximate surface area is 121 Å². The summed E-state index contributed by atoms with van der Waals surface area (Å²) in [7, 11) is 1.70. The van der Waals surface area contributed by atoms with E-state index in [0.717, 1.165) is 18.6 Å². The Morgan fingerprint density at radius 1 is 1.30 bits per heavy atom. The van der Waals surface area contributed by atoms with Gasteiger partial charge in [0.15, 0.2) is 0 Å². The number of methoxy groups -OCH3 is 1. The van der Waals surface area contributed by atoms with Gasteiger partial charge in [0.05, 0.1) is 19.3 Å². The van der Waals surface area contributed by atoms with Gasteiger partial charge in [-0.2, -0.15) is 0 Å². The van der Waals surface area contributed by atoms with Crippen molar-refractivity contribution in [2.75, 3.05) is 13.7 Å². The third-order valence-corrected chi connectivity index (χ3v) is 5.01. The van der Waals surface area contributed by atoms with E-state index in [1.807, 2.05) is 6.07 Å². The van der Waals surface area contributed by atoms with Gasteiger partial charge in [-0.1, -0.05) is 25.3 Å². The van der Waals surface area contributed by atoms with Crippen molar-refractivity contribution in [1.82, 2.24) is 5.32 Å². The van der Waals surface area contributed by atoms with Crippen molar-refractivity contribution in [2.24, 2.45) is 0 Å². The van der Waals surface area contributed by atoms with Crippen LogP contribution >= 0.6 is 0 Å². The van der Waals surface area contributed by atoms with E-state index in [-0.39, 0.29) is 12.1 Å². The number of fused-ring (bicyclic) bond motifs is 1. The van der Waals surface area contributed by atoms with Crippen LogP contribution in [0.5, 0.6) is 5.75 Å². The minimum absolute atomic E-state index is 0.170. The lowest BCUT2D eigenvalue weighted by Gasteiger charge is -2.36. The molecule has 3 rings (SSSR count). The Kier molecular flexibility index (Phi) is 3.99. The van der Waals surface area contributed by atoms with Crippen molar-refractivity contribution < 1.29 is 9.84 Å². The Morgan fingerprint density at radius 3 is 2.80 bits per heavy atom. The Hall–Kier alpha value is -1.06. The highest BCUT2D eigenvalue weighted by Gasteiger charge is 2.40. The molecular formula is C17H25NO2. The van der Waals surface area contributed by atoms with Gasteiger partial charge in [-0.15, -0.1) is 0 Å². The lowest BCUT2D eigenvalue weighted by Crippen LogP contribution is -2.49. The number of aliphatic hydroxyl groups is 1. The third-order valence-electron chi connectivity index (χ3n) is 5.01. The molecule has 20 heavy (non-hydrogen) atoms. The molecule has 2 aliphatic rings. The number of ether oxygens (including phenoxy) is 1. The van der Waals surface area contributed by atoms with Crippen LogP contribution in [0.1, 0.15) is 49.7 Å². The lowest BCUT2D eigenvalue weighted by molar-refractivity contribution is 0.136. The Balaban J connectivity index is 1.87. The van der Waals surface area contributed by atoms with Crippen LogP contribution in [0.4, 0.5) is 0 Å². The van der Waals surface area contributed by atoms with Gasteiger partial charge in [0, 0.05) is 6.04 Å². The fraction of sp³-hybridized carbons (Fsp3) is 0.647. The van der Waals surface area contributed by atoms with Crippen molar-refractivity contribution in [1.29, 1.82) is 0 Å². The fourth-order valence-electron chi connectivity index (χ4n) is 3.83. The predicted molar refractivity (Wildman–Crippen MR) is 80.1 cm³/mol. The van der Waals surface area contributed by atoms with Crippen LogP contribution in [0.2, 0.25) is 0 Å². The highest BCUT2D eigenvalue weighted by Crippen LogP contribution is 2.39. The first-order valence-corrected chi connectivity index (χ1v) is 7.83. The van der Waals surface area contributed by atoms with E-state index in [1.165, 1.54) is 43.2 Å². The fourth-order valence-corrected chi connectivity index (χ4v) is 3.83. The van der Waals surface area contributed by atoms with Crippen molar-refractivity contribution in [2.45, 2.75) is 56.5 Å². The summed E-state index contributed by atoms with van der Waals surface area (Å²) in [6.07, 6.45) is 8.48. The van der Waals surface area contributed by atoms with Crippen LogP contribution in [0, 0.1) is 0 Å². The van der Waals surface area contributed by atoms with Gasteiger partial charge in [0.25, 0.3) is 0 Å². The van der Waals surface area contributed by atoms with Gasteiger partial charge in [-0.25, -0.2) is 0 Å². The molecule has 0 spiro atoms. The standard InChI is InChI=1S/C17H25NO2/c1-20-15-8-7-13-9-10-17(12-19,16(13)11-15)18-14-5-3-2-4-6-14/h7-8,11,14,18-19H,2-6,9-10,12H2,1H3. The first-order valence-electron chi connectivity index (χ1n) is 7.83. The minimum atomic E-state index is -0.258. The maximum Gasteiger partial charge on any atom is 0.119 e. The number of aliphatic hydroxyl groups excluding tert-OH is 1. The van der Waals surface area contributed by atoms with E-state index in [2.05, 4.69) is 17.4 Å². The first kappa shape index (κ1) is 13.9. The zero-order valence-electron chi connectivity index (χ0n) is 12.3. The van der Waals surface area contributed by atoms with Crippen molar-refractivity contribution in [3.63, 3.8) is 0 Å². The molecule has 0 aliphatic heterocycles. The van der Waals surface area contributed by atoms with Gasteiger partial charge in [-0.3, -0.25) is 0 Å². The van der Waals surface area contributed by atoms with Crippen LogP contribution in [-0.4, -0.2) is 24.9 Å². The van der Waals surface area contributed by atoms with Crippen LogP contribution < -0.4 is 10.1 Å². The molecule has 0 bridgehead atoms. The highest BCUT2D eigenvalue weighted by atomic mass is 16.5. The molecule has 1 unspecified atom stereocenters. The molecule has 1 saturated carbocycles. The van der Waals surface area contributed by atoms with E-state index in [0.29, 0.717) is 6.04 Å². The van der Waals surface area contributed by atoms with Crippen LogP contribution in [-0.2, 0) is 12.0 Å². The molecule has 1 atom stereocenters. The maximum absolute atomic E-state index is 10.1. The highest BCUT2D eigenvalue weighted by molar-refractivity contribution is 5.44. The summed E-state index contributed by atoms with van der Waals surface area (Å²) in [5, 5.41) is 13.8. The van der Waals surface area contributed by atoms with Crippen molar-refractivity contribution in [3.8, 4) is 5.75 Å². The largest absolute Gasteiger partial charge is 0.497 e. The maximum atomic E-state index is 10.1. The molecule has 1 aromatic carbocycles. The van der Waals surface area contributed by atoms with E-state index < -0.39 is 0 Å². The molecule has 0 radical (unpaired) electrons. The lowest BCUT2D eigenvalue weighted by atomic mass is 9.88. The molecule has 0 aromatic heterocycles. The van der Waals surface area contributed by atoms with E-state index >= 15 is 0 Å². The number of hydrogen-bond donors (Lipinski definition) is 2. The molecule has 0 heterocycles. The summed E-state index contributed by atoms with van der Waals surface area (Å²) in [4.78, 5) is 0. The van der Waals surface area contributed by atoms with Gasteiger partial charge >= 0.3 is 0 Å². The number of benzene rings is 1. The van der Waals surface area contributed by atoms with Crippen LogP contribution in [0.3, 0.4) is 0 Å². The molecule has 1 fully saturated rings. The molecule has 0 amide bonds. The minimum Gasteiger partial charge on any atom is -0.497 e. The van der Waals surface area contributed by atoms with Crippen LogP contribution in [0.15, 0.2) is 18.2 Å². The second-order valence-electron chi connectivity index (χ2n) is 6.24. The normalized spacial score (nSPS) is 26.5. The van der Waals surface area contributed by atoms with Gasteiger partial charge in [0.1, 0.15) is 5.75 Å². The van der Waals surface area contributed by atoms with Gasteiger partial charge < -0.3 is 15.2 Å². The summed E-state index contributed by atoms with van der Waals surface area (Å²) >= 11 is 0. The second-order valence-corrected chi connectivity index (χ2v) is 6.24. The molecular weight excluding hydrogens is 250 g/mol. The Bertz CT molecular complexity index is 468. The topological polar surface area (TPSA) is 41.5 Å². The Morgan fingerprint density at radius 2 is 2.10 bits per heavy atom. The van der Waals surface area contributed by atoms with Gasteiger partial charge in [0.2, 0.25) is 0 Å². The van der Waals surface area contributed by atoms with E-state index in [9.17, 15) is 5.11 Å². The van der Waals surface area contributed by atoms with Crippen molar-refractivity contribution in [3.05, 3.63) is 29.3 Å². The molecule has 3 nitrogen and oxygen atoms in total. The predicted octanol–water partition coefficient (Wildman–Crippen LogP) is 2.75. The zero-order chi connectivity index (χ0) is 14.0. The van der Waals surface area contributed by atoms with Gasteiger partial charge in [-0.05, 0) is 48.9 Å².